The van der Waals surface area contributed by atoms with E-state index in [4.69, 9.17) is 24.1 Å². The minimum Gasteiger partial charge on any atom is -0.369 e. The number of phosphoric ester groups is 1. The number of anilines is 3. The molecular weight excluding hydrogens is 637 g/mol. The number of carbonyl (C=O) groups is 3. The van der Waals surface area contributed by atoms with Crippen LogP contribution in [-0.2, 0) is 28.5 Å². The monoisotopic (exact) mass is 689 g/mol. The Bertz CT molecular complexity index is 1420. The molecular formula is C35H52N3O9P. The van der Waals surface area contributed by atoms with Crippen LogP contribution in [0.25, 0.3) is 0 Å². The van der Waals surface area contributed by atoms with Crippen LogP contribution < -0.4 is 15.5 Å². The summed E-state index contributed by atoms with van der Waals surface area (Å²) in [5.74, 6) is -0.961. The summed E-state index contributed by atoms with van der Waals surface area (Å²) in [5.41, 5.74) is 3.08. The van der Waals surface area contributed by atoms with Gasteiger partial charge >= 0.3 is 25.8 Å². The molecule has 2 amide bonds. The number of phosphoric acid groups is 1. The van der Waals surface area contributed by atoms with Gasteiger partial charge in [-0.1, -0.05) is 58.4 Å². The minimum absolute atomic E-state index is 0.0608. The van der Waals surface area contributed by atoms with Crippen LogP contribution in [0.5, 0.6) is 0 Å². The highest BCUT2D eigenvalue weighted by molar-refractivity contribution is 7.46. The first kappa shape index (κ1) is 39.0. The SMILES string of the molecule is CCC(CC(=O)OOC(=O)C1(C)CCC(OP(=O)(O)O)CC1)c1ccc(N(CC(C)C)CC(C)C)c(NC(=O)Nc2ccc(C)cc2)c1. The zero-order chi connectivity index (χ0) is 35.6. The molecule has 1 unspecified atom stereocenters. The predicted molar refractivity (Wildman–Crippen MR) is 185 cm³/mol. The average molecular weight is 690 g/mol. The van der Waals surface area contributed by atoms with E-state index >= 15 is 0 Å². The highest BCUT2D eigenvalue weighted by Crippen LogP contribution is 2.45. The average Bonchev–Trinajstić information content (AvgIpc) is 2.99. The molecule has 48 heavy (non-hydrogen) atoms. The van der Waals surface area contributed by atoms with Gasteiger partial charge in [0.25, 0.3) is 0 Å². The Morgan fingerprint density at radius 1 is 0.958 bits per heavy atom. The summed E-state index contributed by atoms with van der Waals surface area (Å²) in [7, 11) is -4.63. The number of carbonyl (C=O) groups excluding carboxylic acids is 3. The van der Waals surface area contributed by atoms with Gasteiger partial charge in [0.05, 0.1) is 29.3 Å². The van der Waals surface area contributed by atoms with Gasteiger partial charge in [0.1, 0.15) is 0 Å². The highest BCUT2D eigenvalue weighted by Gasteiger charge is 2.42. The molecule has 3 rings (SSSR count). The van der Waals surface area contributed by atoms with E-state index in [0.717, 1.165) is 29.9 Å². The first-order valence-electron chi connectivity index (χ1n) is 16.7. The first-order chi connectivity index (χ1) is 22.5. The van der Waals surface area contributed by atoms with Gasteiger partial charge in [-0.2, -0.15) is 0 Å². The smallest absolute Gasteiger partial charge is 0.369 e. The largest absolute Gasteiger partial charge is 0.469 e. The van der Waals surface area contributed by atoms with Crippen molar-refractivity contribution in [2.75, 3.05) is 28.6 Å². The Kier molecular flexibility index (Phi) is 14.0. The number of urea groups is 1. The summed E-state index contributed by atoms with van der Waals surface area (Å²) in [6, 6.07) is 13.0. The van der Waals surface area contributed by atoms with E-state index in [0.29, 0.717) is 29.6 Å². The molecule has 0 heterocycles. The number of rotatable bonds is 14. The van der Waals surface area contributed by atoms with Gasteiger partial charge in [0.15, 0.2) is 0 Å². The molecule has 1 atom stereocenters. The quantitative estimate of drug-likeness (QED) is 0.0878. The molecule has 1 fully saturated rings. The first-order valence-corrected chi connectivity index (χ1v) is 18.2. The number of aryl methyl sites for hydroxylation is 1. The Morgan fingerprint density at radius 3 is 2.10 bits per heavy atom. The van der Waals surface area contributed by atoms with Crippen molar-refractivity contribution >= 4 is 42.9 Å². The molecule has 2 aromatic rings. The Hall–Kier alpha value is -3.44. The van der Waals surface area contributed by atoms with Crippen molar-refractivity contribution in [3.05, 3.63) is 53.6 Å². The number of hydrogen-bond donors (Lipinski definition) is 4. The summed E-state index contributed by atoms with van der Waals surface area (Å²) >= 11 is 0. The van der Waals surface area contributed by atoms with Crippen molar-refractivity contribution in [3.8, 4) is 0 Å². The third kappa shape index (κ3) is 12.2. The maximum Gasteiger partial charge on any atom is 0.469 e. The topological polar surface area (TPSA) is 164 Å². The fourth-order valence-corrected chi connectivity index (χ4v) is 6.51. The molecule has 13 heteroatoms. The summed E-state index contributed by atoms with van der Waals surface area (Å²) in [5, 5.41) is 5.94. The molecule has 12 nitrogen and oxygen atoms in total. The Morgan fingerprint density at radius 2 is 1.56 bits per heavy atom. The van der Waals surface area contributed by atoms with E-state index in [1.807, 2.05) is 56.3 Å². The third-order valence-corrected chi connectivity index (χ3v) is 9.07. The summed E-state index contributed by atoms with van der Waals surface area (Å²) in [6.45, 7) is 15.8. The van der Waals surface area contributed by atoms with Gasteiger partial charge in [-0.15, -0.1) is 0 Å². The normalized spacial score (nSPS) is 18.7. The van der Waals surface area contributed by atoms with E-state index in [9.17, 15) is 18.9 Å². The van der Waals surface area contributed by atoms with Gasteiger partial charge in [0, 0.05) is 18.8 Å². The molecule has 1 aliphatic rings. The van der Waals surface area contributed by atoms with Gasteiger partial charge in [-0.05, 0) is 93.5 Å². The molecule has 1 saturated carbocycles. The fourth-order valence-electron chi connectivity index (χ4n) is 5.91. The summed E-state index contributed by atoms with van der Waals surface area (Å²) < 4.78 is 15.9. The lowest BCUT2D eigenvalue weighted by molar-refractivity contribution is -0.267. The minimum atomic E-state index is -4.63. The standard InChI is InChI=1S/C35H52N3O9P/c1-8-26(20-32(39)45-46-33(40)35(7)17-15-29(16-18-35)47-48(42,43)44)27-11-14-31(38(21-23(2)3)22-24(4)5)30(19-27)37-34(41)36-28-12-9-25(6)10-13-28/h9-14,19,23-24,26,29H,8,15-18,20-22H2,1-7H3,(H2,36,37,41)(H2,42,43,44). The number of amides is 2. The van der Waals surface area contributed by atoms with Gasteiger partial charge in [0.2, 0.25) is 0 Å². The van der Waals surface area contributed by atoms with E-state index in [1.54, 1.807) is 6.92 Å². The van der Waals surface area contributed by atoms with Gasteiger partial charge in [-0.25, -0.2) is 28.7 Å². The second-order valence-electron chi connectivity index (χ2n) is 13.9. The van der Waals surface area contributed by atoms with E-state index in [2.05, 4.69) is 43.2 Å². The van der Waals surface area contributed by atoms with Crippen LogP contribution in [0.2, 0.25) is 0 Å². The number of benzene rings is 2. The van der Waals surface area contributed by atoms with Crippen LogP contribution in [0.4, 0.5) is 21.9 Å². The fraction of sp³-hybridized carbons (Fsp3) is 0.571. The van der Waals surface area contributed by atoms with Gasteiger partial charge < -0.3 is 25.3 Å². The molecule has 266 valence electrons. The van der Waals surface area contributed by atoms with Crippen LogP contribution in [-0.4, -0.2) is 47.0 Å². The highest BCUT2D eigenvalue weighted by atomic mass is 31.2. The zero-order valence-electron chi connectivity index (χ0n) is 29.2. The second-order valence-corrected chi connectivity index (χ2v) is 15.1. The van der Waals surface area contributed by atoms with Crippen LogP contribution in [0.3, 0.4) is 0 Å². The summed E-state index contributed by atoms with van der Waals surface area (Å²) in [4.78, 5) is 69.3. The van der Waals surface area contributed by atoms with Crippen LogP contribution in [0.15, 0.2) is 42.5 Å². The second kappa shape index (κ2) is 17.3. The molecule has 0 saturated heterocycles. The van der Waals surface area contributed by atoms with Crippen molar-refractivity contribution in [1.29, 1.82) is 0 Å². The van der Waals surface area contributed by atoms with Crippen LogP contribution in [0, 0.1) is 24.2 Å². The van der Waals surface area contributed by atoms with E-state index in [1.165, 1.54) is 0 Å². The molecule has 4 N–H and O–H groups in total. The molecule has 0 aromatic heterocycles. The van der Waals surface area contributed by atoms with Crippen LogP contribution >= 0.6 is 7.82 Å². The van der Waals surface area contributed by atoms with E-state index < -0.39 is 31.3 Å². The zero-order valence-corrected chi connectivity index (χ0v) is 30.0. The summed E-state index contributed by atoms with van der Waals surface area (Å²) in [6.07, 6.45) is 0.882. The Balaban J connectivity index is 1.73. The lowest BCUT2D eigenvalue weighted by Crippen LogP contribution is -2.36. The number of nitrogens with one attached hydrogen (secondary N) is 2. The lowest BCUT2D eigenvalue weighted by atomic mass is 9.75. The molecule has 2 aromatic carbocycles. The molecule has 0 aliphatic heterocycles. The van der Waals surface area contributed by atoms with Crippen molar-refractivity contribution < 1.29 is 43.0 Å². The lowest BCUT2D eigenvalue weighted by Gasteiger charge is -2.34. The van der Waals surface area contributed by atoms with Crippen molar-refractivity contribution in [3.63, 3.8) is 0 Å². The maximum atomic E-state index is 13.2. The van der Waals surface area contributed by atoms with E-state index in [-0.39, 0.29) is 44.1 Å². The predicted octanol–water partition coefficient (Wildman–Crippen LogP) is 7.70. The molecule has 0 radical (unpaired) electrons. The number of nitrogens with zero attached hydrogens (tertiary/aromatic N) is 1. The number of hydrogen-bond acceptors (Lipinski definition) is 8. The third-order valence-electron chi connectivity index (χ3n) is 8.49. The molecule has 0 bridgehead atoms. The van der Waals surface area contributed by atoms with Crippen LogP contribution in [0.1, 0.15) is 97.1 Å². The van der Waals surface area contributed by atoms with Crippen molar-refractivity contribution in [2.45, 2.75) is 99.0 Å². The van der Waals surface area contributed by atoms with Crippen molar-refractivity contribution in [1.82, 2.24) is 0 Å². The van der Waals surface area contributed by atoms with Crippen molar-refractivity contribution in [2.24, 2.45) is 17.3 Å². The van der Waals surface area contributed by atoms with Gasteiger partial charge in [-0.3, -0.25) is 4.52 Å². The molecule has 1 aliphatic carbocycles. The molecule has 0 spiro atoms. The maximum absolute atomic E-state index is 13.2. The Labute approximate surface area is 284 Å².